The molecule has 2 aromatic rings. The van der Waals surface area contributed by atoms with Crippen molar-refractivity contribution in [2.24, 2.45) is 5.92 Å². The van der Waals surface area contributed by atoms with Crippen LogP contribution in [0.15, 0.2) is 41.3 Å². The van der Waals surface area contributed by atoms with Gasteiger partial charge in [0, 0.05) is 24.8 Å². The minimum absolute atomic E-state index is 0.0230. The number of carbonyl (C=O) groups is 2. The van der Waals surface area contributed by atoms with Crippen molar-refractivity contribution in [2.75, 3.05) is 23.7 Å². The average Bonchev–Trinajstić information content (AvgIpc) is 2.78. The van der Waals surface area contributed by atoms with Crippen molar-refractivity contribution in [1.29, 1.82) is 0 Å². The Hall–Kier alpha value is -2.98. The highest BCUT2D eigenvalue weighted by Crippen LogP contribution is 2.36. The van der Waals surface area contributed by atoms with Crippen molar-refractivity contribution in [1.82, 2.24) is 4.31 Å². The fourth-order valence-corrected chi connectivity index (χ4v) is 5.90. The number of nitrogens with zero attached hydrogens (tertiary/aromatic N) is 1. The number of nitrogens with one attached hydrogen (secondary N) is 2. The molecule has 0 saturated carbocycles. The minimum atomic E-state index is -3.91. The maximum absolute atomic E-state index is 13.5. The SMILES string of the molecule is CC[C@@H]1Oc2cc(S(=O)(=O)N3CCC[C@@H](C(=O)Nc4cccc(F)c4)C3)c(C)cc2NC1=O. The van der Waals surface area contributed by atoms with Gasteiger partial charge in [-0.15, -0.1) is 0 Å². The van der Waals surface area contributed by atoms with E-state index >= 15 is 0 Å². The first-order valence-corrected chi connectivity index (χ1v) is 12.3. The molecule has 0 bridgehead atoms. The van der Waals surface area contributed by atoms with E-state index in [0.717, 1.165) is 0 Å². The molecule has 2 amide bonds. The lowest BCUT2D eigenvalue weighted by molar-refractivity contribution is -0.123. The van der Waals surface area contributed by atoms with Gasteiger partial charge in [0.05, 0.1) is 16.5 Å². The zero-order valence-corrected chi connectivity index (χ0v) is 19.2. The van der Waals surface area contributed by atoms with Crippen molar-refractivity contribution >= 4 is 33.2 Å². The summed E-state index contributed by atoms with van der Waals surface area (Å²) in [6.07, 6.45) is 0.829. The monoisotopic (exact) mass is 475 g/mol. The Morgan fingerprint density at radius 2 is 2.09 bits per heavy atom. The van der Waals surface area contributed by atoms with Gasteiger partial charge in [0.15, 0.2) is 6.10 Å². The number of halogens is 1. The molecule has 0 radical (unpaired) electrons. The molecule has 1 saturated heterocycles. The Balaban J connectivity index is 1.55. The van der Waals surface area contributed by atoms with Crippen LogP contribution < -0.4 is 15.4 Å². The Kier molecular flexibility index (Phi) is 6.40. The number of carbonyl (C=O) groups excluding carboxylic acids is 2. The number of hydrogen-bond acceptors (Lipinski definition) is 5. The summed E-state index contributed by atoms with van der Waals surface area (Å²) in [4.78, 5) is 24.9. The lowest BCUT2D eigenvalue weighted by Gasteiger charge is -2.32. The van der Waals surface area contributed by atoms with Crippen molar-refractivity contribution in [3.63, 3.8) is 0 Å². The third kappa shape index (κ3) is 4.72. The zero-order valence-electron chi connectivity index (χ0n) is 18.4. The van der Waals surface area contributed by atoms with Crippen LogP contribution in [0, 0.1) is 18.7 Å². The first-order valence-electron chi connectivity index (χ1n) is 10.9. The van der Waals surface area contributed by atoms with Gasteiger partial charge in [0.1, 0.15) is 11.6 Å². The van der Waals surface area contributed by atoms with Gasteiger partial charge in [-0.3, -0.25) is 9.59 Å². The summed E-state index contributed by atoms with van der Waals surface area (Å²) >= 11 is 0. The van der Waals surface area contributed by atoms with E-state index in [-0.39, 0.29) is 29.8 Å². The summed E-state index contributed by atoms with van der Waals surface area (Å²) in [5.41, 5.74) is 1.24. The van der Waals surface area contributed by atoms with E-state index < -0.39 is 27.9 Å². The highest BCUT2D eigenvalue weighted by molar-refractivity contribution is 7.89. The van der Waals surface area contributed by atoms with Gasteiger partial charge in [-0.25, -0.2) is 12.8 Å². The highest BCUT2D eigenvalue weighted by atomic mass is 32.2. The van der Waals surface area contributed by atoms with Crippen molar-refractivity contribution in [3.05, 3.63) is 47.8 Å². The van der Waals surface area contributed by atoms with Gasteiger partial charge in [0.25, 0.3) is 5.91 Å². The average molecular weight is 476 g/mol. The molecule has 33 heavy (non-hydrogen) atoms. The van der Waals surface area contributed by atoms with Gasteiger partial charge in [0.2, 0.25) is 15.9 Å². The number of amides is 2. The molecule has 4 rings (SSSR count). The van der Waals surface area contributed by atoms with Gasteiger partial charge < -0.3 is 15.4 Å². The second-order valence-corrected chi connectivity index (χ2v) is 10.2. The number of sulfonamides is 1. The van der Waals surface area contributed by atoms with Crippen LogP contribution in [0.1, 0.15) is 31.7 Å². The number of ether oxygens (including phenoxy) is 1. The number of hydrogen-bond donors (Lipinski definition) is 2. The van der Waals surface area contributed by atoms with E-state index in [9.17, 15) is 22.4 Å². The van der Waals surface area contributed by atoms with Crippen LogP contribution in [-0.2, 0) is 19.6 Å². The predicted molar refractivity (Wildman–Crippen MR) is 121 cm³/mol. The first-order chi connectivity index (χ1) is 15.7. The fourth-order valence-electron chi connectivity index (χ4n) is 4.16. The number of piperidine rings is 1. The predicted octanol–water partition coefficient (Wildman–Crippen LogP) is 3.28. The quantitative estimate of drug-likeness (QED) is 0.691. The number of fused-ring (bicyclic) bond motifs is 1. The zero-order chi connectivity index (χ0) is 23.8. The van der Waals surface area contributed by atoms with Crippen molar-refractivity contribution in [3.8, 4) is 5.75 Å². The lowest BCUT2D eigenvalue weighted by atomic mass is 9.99. The molecule has 0 aromatic heterocycles. The molecular formula is C23H26FN3O5S. The van der Waals surface area contributed by atoms with E-state index in [2.05, 4.69) is 10.6 Å². The molecule has 0 spiro atoms. The number of aryl methyl sites for hydroxylation is 1. The summed E-state index contributed by atoms with van der Waals surface area (Å²) < 4.78 is 47.4. The molecule has 2 heterocycles. The maximum atomic E-state index is 13.5. The number of rotatable bonds is 5. The third-order valence-corrected chi connectivity index (χ3v) is 7.94. The molecule has 10 heteroatoms. The number of benzene rings is 2. The van der Waals surface area contributed by atoms with Crippen LogP contribution in [0.25, 0.3) is 0 Å². The van der Waals surface area contributed by atoms with Crippen LogP contribution in [0.2, 0.25) is 0 Å². The molecule has 0 unspecified atom stereocenters. The molecular weight excluding hydrogens is 449 g/mol. The molecule has 2 aliphatic rings. The topological polar surface area (TPSA) is 105 Å². The van der Waals surface area contributed by atoms with Gasteiger partial charge in [-0.05, 0) is 56.0 Å². The van der Waals surface area contributed by atoms with Gasteiger partial charge >= 0.3 is 0 Å². The molecule has 0 aliphatic carbocycles. The first kappa shape index (κ1) is 23.2. The largest absolute Gasteiger partial charge is 0.478 e. The summed E-state index contributed by atoms with van der Waals surface area (Å²) in [7, 11) is -3.91. The molecule has 2 N–H and O–H groups in total. The van der Waals surface area contributed by atoms with Gasteiger partial charge in [-0.2, -0.15) is 4.31 Å². The van der Waals surface area contributed by atoms with E-state index in [1.165, 1.54) is 28.6 Å². The summed E-state index contributed by atoms with van der Waals surface area (Å²) in [5.74, 6) is -1.33. The maximum Gasteiger partial charge on any atom is 0.265 e. The highest BCUT2D eigenvalue weighted by Gasteiger charge is 2.36. The van der Waals surface area contributed by atoms with Crippen LogP contribution in [0.4, 0.5) is 15.8 Å². The minimum Gasteiger partial charge on any atom is -0.478 e. The summed E-state index contributed by atoms with van der Waals surface area (Å²) in [6, 6.07) is 8.60. The molecule has 8 nitrogen and oxygen atoms in total. The summed E-state index contributed by atoms with van der Waals surface area (Å²) in [6.45, 7) is 3.78. The number of anilines is 2. The molecule has 176 valence electrons. The summed E-state index contributed by atoms with van der Waals surface area (Å²) in [5, 5.41) is 5.43. The normalized spacial score (nSPS) is 21.0. The van der Waals surface area contributed by atoms with E-state index in [1.54, 1.807) is 19.1 Å². The van der Waals surface area contributed by atoms with E-state index in [0.29, 0.717) is 42.0 Å². The molecule has 2 aliphatic heterocycles. The van der Waals surface area contributed by atoms with Crippen LogP contribution in [-0.4, -0.2) is 43.7 Å². The molecule has 2 atom stereocenters. The third-order valence-electron chi connectivity index (χ3n) is 5.93. The van der Waals surface area contributed by atoms with E-state index in [1.807, 2.05) is 6.92 Å². The van der Waals surface area contributed by atoms with Crippen LogP contribution in [0.5, 0.6) is 5.75 Å². The smallest absolute Gasteiger partial charge is 0.265 e. The fraction of sp³-hybridized carbons (Fsp3) is 0.391. The van der Waals surface area contributed by atoms with Crippen LogP contribution in [0.3, 0.4) is 0 Å². The van der Waals surface area contributed by atoms with Crippen molar-refractivity contribution < 1.29 is 27.1 Å². The lowest BCUT2D eigenvalue weighted by Crippen LogP contribution is -2.44. The Morgan fingerprint density at radius 3 is 2.82 bits per heavy atom. The Morgan fingerprint density at radius 1 is 1.30 bits per heavy atom. The van der Waals surface area contributed by atoms with Gasteiger partial charge in [-0.1, -0.05) is 13.0 Å². The van der Waals surface area contributed by atoms with Crippen molar-refractivity contribution in [2.45, 2.75) is 44.1 Å². The second-order valence-electron chi connectivity index (χ2n) is 8.32. The Labute approximate surface area is 192 Å². The Bertz CT molecular complexity index is 1200. The van der Waals surface area contributed by atoms with Crippen LogP contribution >= 0.6 is 0 Å². The molecule has 1 fully saturated rings. The standard InChI is InChI=1S/C23H26FN3O5S/c1-3-19-23(29)26-18-10-14(2)21(12-20(18)32-19)33(30,31)27-9-5-6-15(13-27)22(28)25-17-8-4-7-16(24)11-17/h4,7-8,10-12,15,19H,3,5-6,9,13H2,1-2H3,(H,25,28)(H,26,29)/t15-,19+/m1/s1. The van der Waals surface area contributed by atoms with E-state index in [4.69, 9.17) is 4.74 Å². The molecule has 2 aromatic carbocycles. The second kappa shape index (κ2) is 9.11.